The first-order chi connectivity index (χ1) is 18.0. The molecule has 3 heterocycles. The van der Waals surface area contributed by atoms with Crippen molar-refractivity contribution < 1.29 is 14.4 Å². The smallest absolute Gasteiger partial charge is 0.240 e. The molecule has 0 N–H and O–H groups in total. The van der Waals surface area contributed by atoms with Crippen molar-refractivity contribution in [1.82, 2.24) is 0 Å². The Hall–Kier alpha value is -4.51. The van der Waals surface area contributed by atoms with Crippen LogP contribution in [0.15, 0.2) is 97.1 Å². The minimum absolute atomic E-state index is 0.139. The zero-order valence-corrected chi connectivity index (χ0v) is 20.2. The van der Waals surface area contributed by atoms with Crippen molar-refractivity contribution in [3.63, 3.8) is 0 Å². The van der Waals surface area contributed by atoms with Crippen molar-refractivity contribution in [2.45, 2.75) is 19.0 Å². The van der Waals surface area contributed by atoms with Crippen LogP contribution in [-0.4, -0.2) is 29.7 Å². The minimum Gasteiger partial charge on any atom is -0.352 e. The molecule has 2 fully saturated rings. The molecule has 5 heteroatoms. The Balaban J connectivity index is 1.40. The molecule has 0 spiro atoms. The van der Waals surface area contributed by atoms with Gasteiger partial charge >= 0.3 is 0 Å². The summed E-state index contributed by atoms with van der Waals surface area (Å²) >= 11 is 0. The van der Waals surface area contributed by atoms with Crippen LogP contribution in [0.3, 0.4) is 0 Å². The molecule has 5 nitrogen and oxygen atoms in total. The molecule has 4 atom stereocenters. The van der Waals surface area contributed by atoms with Crippen LogP contribution in [0.25, 0.3) is 16.8 Å². The number of anilines is 2. The Morgan fingerprint density at radius 3 is 2.24 bits per heavy atom. The first-order valence-corrected chi connectivity index (χ1v) is 12.6. The lowest BCUT2D eigenvalue weighted by molar-refractivity contribution is -0.122. The number of fused-ring (bicyclic) bond motifs is 7. The third-order valence-electron chi connectivity index (χ3n) is 8.03. The molecule has 0 bridgehead atoms. The molecule has 2 amide bonds. The van der Waals surface area contributed by atoms with E-state index in [-0.39, 0.29) is 23.6 Å². The van der Waals surface area contributed by atoms with Crippen molar-refractivity contribution in [3.05, 3.63) is 114 Å². The number of aryl methyl sites for hydroxylation is 1. The first-order valence-electron chi connectivity index (χ1n) is 12.6. The lowest BCUT2D eigenvalue weighted by Crippen LogP contribution is -2.48. The molecule has 0 aliphatic carbocycles. The summed E-state index contributed by atoms with van der Waals surface area (Å²) in [6.45, 7) is 1.96. The van der Waals surface area contributed by atoms with Gasteiger partial charge in [-0.2, -0.15) is 0 Å². The Morgan fingerprint density at radius 2 is 1.46 bits per heavy atom. The van der Waals surface area contributed by atoms with E-state index in [2.05, 4.69) is 18.2 Å². The van der Waals surface area contributed by atoms with Crippen molar-refractivity contribution in [1.29, 1.82) is 0 Å². The molecule has 37 heavy (non-hydrogen) atoms. The average molecular weight is 485 g/mol. The van der Waals surface area contributed by atoms with Crippen molar-refractivity contribution in [2.75, 3.05) is 9.80 Å². The number of hydrogen-bond acceptors (Lipinski definition) is 4. The van der Waals surface area contributed by atoms with Gasteiger partial charge in [0.25, 0.3) is 0 Å². The molecule has 0 radical (unpaired) electrons. The quantitative estimate of drug-likeness (QED) is 0.288. The van der Waals surface area contributed by atoms with Crippen molar-refractivity contribution in [3.8, 4) is 0 Å². The van der Waals surface area contributed by atoms with E-state index in [1.807, 2.05) is 72.5 Å². The van der Waals surface area contributed by atoms with Crippen LogP contribution in [-0.2, 0) is 9.59 Å². The molecule has 2 saturated heterocycles. The summed E-state index contributed by atoms with van der Waals surface area (Å²) in [6.07, 6.45) is 4.06. The fourth-order valence-corrected chi connectivity index (χ4v) is 6.35. The molecule has 0 unspecified atom stereocenters. The Labute approximate surface area is 214 Å². The fourth-order valence-electron chi connectivity index (χ4n) is 6.35. The Kier molecular flexibility index (Phi) is 4.70. The minimum atomic E-state index is -0.783. The lowest BCUT2D eigenvalue weighted by atomic mass is 9.86. The number of amides is 2. The molecule has 4 aromatic carbocycles. The van der Waals surface area contributed by atoms with E-state index < -0.39 is 17.9 Å². The summed E-state index contributed by atoms with van der Waals surface area (Å²) in [6, 6.07) is 27.5. The molecular weight excluding hydrogens is 460 g/mol. The molecule has 0 aromatic heterocycles. The first kappa shape index (κ1) is 21.7. The predicted molar refractivity (Wildman–Crippen MR) is 144 cm³/mol. The summed E-state index contributed by atoms with van der Waals surface area (Å²) in [5.74, 6) is -2.10. The third-order valence-corrected chi connectivity index (χ3v) is 8.03. The summed E-state index contributed by atoms with van der Waals surface area (Å²) in [7, 11) is 0. The van der Waals surface area contributed by atoms with Gasteiger partial charge in [-0.05, 0) is 35.9 Å². The average Bonchev–Trinajstić information content (AvgIpc) is 3.41. The van der Waals surface area contributed by atoms with E-state index in [4.69, 9.17) is 0 Å². The predicted octanol–water partition coefficient (Wildman–Crippen LogP) is 5.42. The standard InChI is InChI=1S/C32H24N2O3/c1-19-11-14-22(15-12-19)33-31(36)27-26-18-16-24-23-10-6-5-7-20(23)13-17-25(24)34(26)29(28(27)32(33)37)30(35)21-8-3-2-4-9-21/h2-18,26-29H,1H3/t26-,27-,28-,29-/m0/s1. The second-order valence-corrected chi connectivity index (χ2v) is 10.1. The number of nitrogens with zero attached hydrogens (tertiary/aromatic N) is 2. The maximum Gasteiger partial charge on any atom is 0.240 e. The van der Waals surface area contributed by atoms with Gasteiger partial charge in [-0.25, -0.2) is 4.90 Å². The number of benzene rings is 4. The van der Waals surface area contributed by atoms with Crippen molar-refractivity contribution in [2.24, 2.45) is 11.8 Å². The van der Waals surface area contributed by atoms with Gasteiger partial charge in [0.2, 0.25) is 11.8 Å². The maximum atomic E-state index is 14.1. The van der Waals surface area contributed by atoms with Gasteiger partial charge in [0, 0.05) is 16.8 Å². The van der Waals surface area contributed by atoms with Crippen LogP contribution >= 0.6 is 0 Å². The zero-order valence-electron chi connectivity index (χ0n) is 20.2. The maximum absolute atomic E-state index is 14.1. The second-order valence-electron chi connectivity index (χ2n) is 10.1. The number of carbonyl (C=O) groups excluding carboxylic acids is 3. The van der Waals surface area contributed by atoms with Gasteiger partial charge < -0.3 is 4.90 Å². The van der Waals surface area contributed by atoms with Crippen LogP contribution in [0.4, 0.5) is 11.4 Å². The lowest BCUT2D eigenvalue weighted by Gasteiger charge is -2.37. The highest BCUT2D eigenvalue weighted by Crippen LogP contribution is 2.50. The van der Waals surface area contributed by atoms with Gasteiger partial charge in [-0.1, -0.05) is 90.5 Å². The number of rotatable bonds is 3. The van der Waals surface area contributed by atoms with Gasteiger partial charge in [0.15, 0.2) is 5.78 Å². The number of carbonyl (C=O) groups is 3. The van der Waals surface area contributed by atoms with Gasteiger partial charge in [0.05, 0.1) is 23.6 Å². The highest BCUT2D eigenvalue weighted by atomic mass is 16.2. The van der Waals surface area contributed by atoms with Crippen LogP contribution < -0.4 is 9.80 Å². The van der Waals surface area contributed by atoms with E-state index in [1.54, 1.807) is 24.3 Å². The third kappa shape index (κ3) is 3.07. The Morgan fingerprint density at radius 1 is 0.757 bits per heavy atom. The molecular formula is C32H24N2O3. The molecule has 7 rings (SSSR count). The molecule has 3 aliphatic heterocycles. The molecule has 3 aliphatic rings. The summed E-state index contributed by atoms with van der Waals surface area (Å²) in [5, 5.41) is 2.18. The van der Waals surface area contributed by atoms with Crippen LogP contribution in [0.5, 0.6) is 0 Å². The largest absolute Gasteiger partial charge is 0.352 e. The summed E-state index contributed by atoms with van der Waals surface area (Å²) in [4.78, 5) is 45.3. The van der Waals surface area contributed by atoms with E-state index >= 15 is 0 Å². The summed E-state index contributed by atoms with van der Waals surface area (Å²) < 4.78 is 0. The van der Waals surface area contributed by atoms with Crippen molar-refractivity contribution >= 4 is 45.8 Å². The Bertz CT molecular complexity index is 1620. The van der Waals surface area contributed by atoms with E-state index in [9.17, 15) is 14.4 Å². The number of Topliss-reactive ketones (excluding diaryl/α,β-unsaturated/α-hetero) is 1. The van der Waals surface area contributed by atoms with Gasteiger partial charge in [0.1, 0.15) is 6.04 Å². The van der Waals surface area contributed by atoms with E-state index in [1.165, 1.54) is 4.90 Å². The van der Waals surface area contributed by atoms with Crippen LogP contribution in [0.2, 0.25) is 0 Å². The number of hydrogen-bond donors (Lipinski definition) is 0. The topological polar surface area (TPSA) is 57.7 Å². The number of ketones is 1. The van der Waals surface area contributed by atoms with Gasteiger partial charge in [-0.3, -0.25) is 14.4 Å². The van der Waals surface area contributed by atoms with E-state index in [0.717, 1.165) is 27.6 Å². The normalized spacial score (nSPS) is 23.8. The summed E-state index contributed by atoms with van der Waals surface area (Å²) in [5.41, 5.74) is 4.04. The molecule has 180 valence electrons. The zero-order chi connectivity index (χ0) is 25.3. The monoisotopic (exact) mass is 484 g/mol. The SMILES string of the molecule is Cc1ccc(N2C(=O)[C@@H]3[C@H](C2=O)[C@@H](C(=O)c2ccccc2)N2c4ccc5ccccc5c4C=C[C@@H]32)cc1. The van der Waals surface area contributed by atoms with Gasteiger partial charge in [-0.15, -0.1) is 0 Å². The van der Waals surface area contributed by atoms with Crippen LogP contribution in [0, 0.1) is 18.8 Å². The second kappa shape index (κ2) is 8.00. The highest BCUT2D eigenvalue weighted by molar-refractivity contribution is 6.25. The van der Waals surface area contributed by atoms with E-state index in [0.29, 0.717) is 11.3 Å². The number of imide groups is 1. The van der Waals surface area contributed by atoms with Crippen LogP contribution in [0.1, 0.15) is 21.5 Å². The fraction of sp³-hybridized carbons (Fsp3) is 0.156. The molecule has 0 saturated carbocycles. The highest BCUT2D eigenvalue weighted by Gasteiger charge is 2.64. The molecule has 4 aromatic rings.